The molecule has 0 radical (unpaired) electrons. The van der Waals surface area contributed by atoms with Gasteiger partial charge in [0.1, 0.15) is 0 Å². The van der Waals surface area contributed by atoms with Crippen LogP contribution in [-0.4, -0.2) is 64.4 Å². The first-order valence-electron chi connectivity index (χ1n) is 3.78. The van der Waals surface area contributed by atoms with Gasteiger partial charge < -0.3 is 5.32 Å². The Kier molecular flexibility index (Phi) is 7.56. The minimum absolute atomic E-state index is 0. The molecule has 1 rings (SSSR count). The summed E-state index contributed by atoms with van der Waals surface area (Å²) < 4.78 is 29.0. The molecule has 0 saturated heterocycles. The Hall–Kier alpha value is 0.1000. The standard InChI is InChI=1S/C6H6ClN3O4S2.Na.H/c7-4-1-2-5(10-9-4)8-6(11)3-15-16(12,13)14;;/h1-2H,3H2,(H,8,10,11)(H,12,13,14);;. The first-order valence-corrected chi connectivity index (χ1v) is 7.10. The van der Waals surface area contributed by atoms with E-state index in [-0.39, 0.29) is 51.3 Å². The zero-order valence-corrected chi connectivity index (χ0v) is 10.0. The van der Waals surface area contributed by atoms with Crippen LogP contribution in [0, 0.1) is 0 Å². The van der Waals surface area contributed by atoms with E-state index in [2.05, 4.69) is 15.5 Å². The molecule has 17 heavy (non-hydrogen) atoms. The number of aromatic nitrogens is 2. The number of halogens is 1. The van der Waals surface area contributed by atoms with Gasteiger partial charge in [-0.25, -0.2) is 0 Å². The van der Waals surface area contributed by atoms with Crippen LogP contribution >= 0.6 is 22.4 Å². The third-order valence-electron chi connectivity index (χ3n) is 1.24. The van der Waals surface area contributed by atoms with E-state index in [1.54, 1.807) is 0 Å². The van der Waals surface area contributed by atoms with Gasteiger partial charge >= 0.3 is 38.7 Å². The van der Waals surface area contributed by atoms with Crippen LogP contribution in [0.25, 0.3) is 0 Å². The Bertz CT molecular complexity index is 481. The topological polar surface area (TPSA) is 109 Å². The van der Waals surface area contributed by atoms with E-state index in [1.807, 2.05) is 0 Å². The number of carbonyl (C=O) groups excluding carboxylic acids is 1. The minimum atomic E-state index is -4.22. The first kappa shape index (κ1) is 17.1. The van der Waals surface area contributed by atoms with Gasteiger partial charge in [-0.15, -0.1) is 10.2 Å². The average molecular weight is 308 g/mol. The van der Waals surface area contributed by atoms with Gasteiger partial charge in [-0.05, 0) is 12.1 Å². The first-order chi connectivity index (χ1) is 7.37. The molecule has 1 heterocycles. The Balaban J connectivity index is 0.00000256. The van der Waals surface area contributed by atoms with Gasteiger partial charge in [0, 0.05) is 10.8 Å². The van der Waals surface area contributed by atoms with Crippen LogP contribution in [0.15, 0.2) is 12.1 Å². The van der Waals surface area contributed by atoms with E-state index < -0.39 is 20.8 Å². The van der Waals surface area contributed by atoms with Gasteiger partial charge in [0.15, 0.2) is 11.0 Å². The van der Waals surface area contributed by atoms with Crippen molar-refractivity contribution < 1.29 is 17.8 Å². The second kappa shape index (κ2) is 7.52. The van der Waals surface area contributed by atoms with Crippen LogP contribution in [0.1, 0.15) is 0 Å². The van der Waals surface area contributed by atoms with Gasteiger partial charge in [0.2, 0.25) is 5.91 Å². The molecule has 1 aromatic heterocycles. The molecule has 0 aliphatic heterocycles. The molecule has 0 spiro atoms. The molecule has 0 fully saturated rings. The fourth-order valence-corrected chi connectivity index (χ4v) is 1.89. The van der Waals surface area contributed by atoms with Crippen molar-refractivity contribution in [2.45, 2.75) is 0 Å². The van der Waals surface area contributed by atoms with E-state index in [0.29, 0.717) is 0 Å². The van der Waals surface area contributed by atoms with Crippen LogP contribution in [0.5, 0.6) is 0 Å². The van der Waals surface area contributed by atoms with Crippen LogP contribution in [0.3, 0.4) is 0 Å². The maximum atomic E-state index is 11.1. The van der Waals surface area contributed by atoms with Gasteiger partial charge in [0.05, 0.1) is 5.75 Å². The summed E-state index contributed by atoms with van der Waals surface area (Å²) in [5.41, 5.74) is 0. The molecule has 0 saturated carbocycles. The molecular weight excluding hydrogens is 301 g/mol. The molecule has 0 aliphatic carbocycles. The zero-order chi connectivity index (χ0) is 12.2. The Morgan fingerprint density at radius 2 is 2.12 bits per heavy atom. The SMILES string of the molecule is O=C(CSS(=O)(=O)O)Nc1ccc(Cl)nn1.[NaH]. The summed E-state index contributed by atoms with van der Waals surface area (Å²) in [7, 11) is -4.11. The summed E-state index contributed by atoms with van der Waals surface area (Å²) in [6.07, 6.45) is 0. The monoisotopic (exact) mass is 307 g/mol. The summed E-state index contributed by atoms with van der Waals surface area (Å²) in [4.78, 5) is 11.1. The quantitative estimate of drug-likeness (QED) is 0.456. The number of carbonyl (C=O) groups is 1. The molecule has 11 heteroatoms. The van der Waals surface area contributed by atoms with Crippen molar-refractivity contribution in [2.24, 2.45) is 0 Å². The molecule has 1 amide bonds. The summed E-state index contributed by atoms with van der Waals surface area (Å²) in [5, 5.41) is 9.44. The van der Waals surface area contributed by atoms with Crippen molar-refractivity contribution in [3.63, 3.8) is 0 Å². The molecule has 0 unspecified atom stereocenters. The van der Waals surface area contributed by atoms with E-state index in [4.69, 9.17) is 16.2 Å². The second-order valence-electron chi connectivity index (χ2n) is 2.48. The molecule has 2 N–H and O–H groups in total. The van der Waals surface area contributed by atoms with Crippen LogP contribution in [0.4, 0.5) is 5.82 Å². The number of nitrogens with one attached hydrogen (secondary N) is 1. The van der Waals surface area contributed by atoms with Crippen molar-refractivity contribution in [2.75, 3.05) is 11.1 Å². The van der Waals surface area contributed by atoms with Crippen molar-refractivity contribution in [3.8, 4) is 0 Å². The van der Waals surface area contributed by atoms with Crippen LogP contribution in [-0.2, 0) is 13.9 Å². The molecule has 0 aliphatic rings. The van der Waals surface area contributed by atoms with Crippen LogP contribution in [0.2, 0.25) is 5.15 Å². The zero-order valence-electron chi connectivity index (χ0n) is 7.62. The van der Waals surface area contributed by atoms with Crippen molar-refractivity contribution in [1.82, 2.24) is 10.2 Å². The molecule has 0 bridgehead atoms. The van der Waals surface area contributed by atoms with E-state index >= 15 is 0 Å². The predicted octanol–water partition coefficient (Wildman–Crippen LogP) is -0.0440. The third kappa shape index (κ3) is 7.92. The third-order valence-corrected chi connectivity index (χ3v) is 3.37. The maximum absolute atomic E-state index is 11.1. The predicted molar refractivity (Wildman–Crippen MR) is 66.8 cm³/mol. The van der Waals surface area contributed by atoms with Gasteiger partial charge in [0.25, 0.3) is 0 Å². The number of anilines is 1. The summed E-state index contributed by atoms with van der Waals surface area (Å²) in [6.45, 7) is 0. The number of rotatable bonds is 4. The molecule has 0 aromatic carbocycles. The summed E-state index contributed by atoms with van der Waals surface area (Å²) in [6, 6.07) is 2.82. The van der Waals surface area contributed by atoms with Crippen molar-refractivity contribution >= 4 is 72.8 Å². The van der Waals surface area contributed by atoms with E-state index in [9.17, 15) is 13.2 Å². The normalized spacial score (nSPS) is 10.5. The fourth-order valence-electron chi connectivity index (χ4n) is 0.690. The molecule has 7 nitrogen and oxygen atoms in total. The van der Waals surface area contributed by atoms with Crippen molar-refractivity contribution in [1.29, 1.82) is 0 Å². The number of hydrogen-bond acceptors (Lipinski definition) is 6. The number of hydrogen-bond donors (Lipinski definition) is 2. The Labute approximate surface area is 128 Å². The second-order valence-corrected chi connectivity index (χ2v) is 6.22. The molecule has 0 atom stereocenters. The molecule has 90 valence electrons. The fraction of sp³-hybridized carbons (Fsp3) is 0.167. The Morgan fingerprint density at radius 1 is 1.47 bits per heavy atom. The number of nitrogens with zero attached hydrogens (tertiary/aromatic N) is 2. The number of amides is 1. The Morgan fingerprint density at radius 3 is 2.59 bits per heavy atom. The van der Waals surface area contributed by atoms with Gasteiger partial charge in [-0.2, -0.15) is 8.42 Å². The summed E-state index contributed by atoms with van der Waals surface area (Å²) in [5.74, 6) is -0.923. The molecule has 1 aromatic rings. The van der Waals surface area contributed by atoms with Gasteiger partial charge in [-0.1, -0.05) is 11.6 Å². The summed E-state index contributed by atoms with van der Waals surface area (Å²) >= 11 is 5.47. The van der Waals surface area contributed by atoms with E-state index in [0.717, 1.165) is 0 Å². The molecular formula is C6H7ClN3NaO4S2. The van der Waals surface area contributed by atoms with Gasteiger partial charge in [-0.3, -0.25) is 9.35 Å². The average Bonchev–Trinajstić information content (AvgIpc) is 2.18. The van der Waals surface area contributed by atoms with E-state index in [1.165, 1.54) is 12.1 Å². The van der Waals surface area contributed by atoms with Crippen LogP contribution < -0.4 is 5.32 Å². The van der Waals surface area contributed by atoms with Crippen molar-refractivity contribution in [3.05, 3.63) is 17.3 Å².